The maximum Gasteiger partial charge on any atom is 0.409 e. The minimum absolute atomic E-state index is 0.0265. The average molecular weight is 368 g/mol. The number of aliphatic hydroxyl groups excluding tert-OH is 4. The zero-order valence-electron chi connectivity index (χ0n) is 14.2. The van der Waals surface area contributed by atoms with Gasteiger partial charge in [0.1, 0.15) is 13.2 Å². The van der Waals surface area contributed by atoms with Crippen molar-refractivity contribution >= 4 is 12.2 Å². The summed E-state index contributed by atoms with van der Waals surface area (Å²) in [4.78, 5) is 25.5. The molecule has 0 radical (unpaired) electrons. The van der Waals surface area contributed by atoms with E-state index in [0.717, 1.165) is 0 Å². The minimum atomic E-state index is -0.665. The molecule has 148 valence electrons. The molecule has 0 aromatic rings. The molecule has 0 spiro atoms. The molecule has 0 rings (SSSR count). The number of carbonyl (C=O) groups is 2. The largest absolute Gasteiger partial charge is 0.447 e. The Hall–Kier alpha value is -1.66. The maximum absolute atomic E-state index is 11.6. The van der Waals surface area contributed by atoms with Crippen LogP contribution in [0.4, 0.5) is 9.59 Å². The molecule has 0 aliphatic heterocycles. The van der Waals surface area contributed by atoms with Crippen molar-refractivity contribution in [2.75, 3.05) is 79.0 Å². The van der Waals surface area contributed by atoms with E-state index in [-0.39, 0.29) is 79.0 Å². The van der Waals surface area contributed by atoms with E-state index in [2.05, 4.69) is 0 Å². The molecule has 0 heterocycles. The van der Waals surface area contributed by atoms with E-state index in [1.807, 2.05) is 0 Å². The molecule has 0 aromatic carbocycles. The predicted molar refractivity (Wildman–Crippen MR) is 85.0 cm³/mol. The van der Waals surface area contributed by atoms with E-state index in [1.54, 1.807) is 0 Å². The van der Waals surface area contributed by atoms with E-state index >= 15 is 0 Å². The monoisotopic (exact) mass is 368 g/mol. The molecule has 11 heteroatoms. The van der Waals surface area contributed by atoms with Gasteiger partial charge in [-0.05, 0) is 0 Å². The number of hydrogen-bond acceptors (Lipinski definition) is 9. The van der Waals surface area contributed by atoms with Gasteiger partial charge in [0.05, 0.1) is 39.6 Å². The van der Waals surface area contributed by atoms with Gasteiger partial charge in [-0.3, -0.25) is 0 Å². The number of amides is 2. The zero-order valence-corrected chi connectivity index (χ0v) is 14.2. The smallest absolute Gasteiger partial charge is 0.409 e. The molecule has 0 saturated carbocycles. The summed E-state index contributed by atoms with van der Waals surface area (Å²) in [5, 5.41) is 35.2. The lowest BCUT2D eigenvalue weighted by Gasteiger charge is -2.20. The Balaban J connectivity index is 3.78. The van der Waals surface area contributed by atoms with Crippen LogP contribution in [0.5, 0.6) is 0 Å². The Morgan fingerprint density at radius 1 is 0.600 bits per heavy atom. The van der Waals surface area contributed by atoms with Gasteiger partial charge in [0.25, 0.3) is 0 Å². The Kier molecular flexibility index (Phi) is 14.8. The van der Waals surface area contributed by atoms with Gasteiger partial charge in [-0.2, -0.15) is 0 Å². The molecule has 0 aromatic heterocycles. The average Bonchev–Trinajstić information content (AvgIpc) is 2.60. The fourth-order valence-electron chi connectivity index (χ4n) is 1.73. The second-order valence-electron chi connectivity index (χ2n) is 4.71. The van der Waals surface area contributed by atoms with Gasteiger partial charge in [0.15, 0.2) is 0 Å². The van der Waals surface area contributed by atoms with Crippen molar-refractivity contribution in [3.63, 3.8) is 0 Å². The predicted octanol–water partition coefficient (Wildman–Crippen LogP) is -2.15. The summed E-state index contributed by atoms with van der Waals surface area (Å²) in [6.07, 6.45) is -1.33. The lowest BCUT2D eigenvalue weighted by Crippen LogP contribution is -2.37. The van der Waals surface area contributed by atoms with E-state index in [9.17, 15) is 9.59 Å². The Labute approximate surface area is 146 Å². The van der Waals surface area contributed by atoms with Crippen molar-refractivity contribution in [3.8, 4) is 0 Å². The molecule has 0 aliphatic carbocycles. The Morgan fingerprint density at radius 3 is 1.20 bits per heavy atom. The van der Waals surface area contributed by atoms with Crippen LogP contribution in [0.25, 0.3) is 0 Å². The van der Waals surface area contributed by atoms with Crippen LogP contribution in [0.2, 0.25) is 0 Å². The van der Waals surface area contributed by atoms with Gasteiger partial charge in [-0.25, -0.2) is 9.59 Å². The van der Waals surface area contributed by atoms with Crippen LogP contribution in [0.15, 0.2) is 0 Å². The third-order valence-electron chi connectivity index (χ3n) is 2.90. The number of carbonyl (C=O) groups excluding carboxylic acids is 2. The van der Waals surface area contributed by atoms with Gasteiger partial charge >= 0.3 is 12.2 Å². The number of ether oxygens (including phenoxy) is 3. The molecule has 0 atom stereocenters. The van der Waals surface area contributed by atoms with Gasteiger partial charge in [0.2, 0.25) is 0 Å². The lowest BCUT2D eigenvalue weighted by atomic mass is 10.5. The first-order valence-corrected chi connectivity index (χ1v) is 7.95. The summed E-state index contributed by atoms with van der Waals surface area (Å²) >= 11 is 0. The number of aliphatic hydroxyl groups is 4. The highest BCUT2D eigenvalue weighted by Gasteiger charge is 2.14. The van der Waals surface area contributed by atoms with Crippen LogP contribution in [0.1, 0.15) is 0 Å². The maximum atomic E-state index is 11.6. The number of nitrogens with zero attached hydrogens (tertiary/aromatic N) is 2. The van der Waals surface area contributed by atoms with E-state index in [1.165, 1.54) is 9.80 Å². The summed E-state index contributed by atoms with van der Waals surface area (Å²) in [6, 6.07) is 0. The van der Waals surface area contributed by atoms with Gasteiger partial charge in [-0.1, -0.05) is 0 Å². The van der Waals surface area contributed by atoms with Crippen molar-refractivity contribution in [2.45, 2.75) is 0 Å². The molecule has 2 amide bonds. The number of hydrogen-bond donors (Lipinski definition) is 4. The third kappa shape index (κ3) is 11.5. The molecule has 0 saturated heterocycles. The van der Waals surface area contributed by atoms with Crippen LogP contribution in [0, 0.1) is 0 Å². The first-order chi connectivity index (χ1) is 12.1. The Bertz CT molecular complexity index is 313. The van der Waals surface area contributed by atoms with Crippen LogP contribution >= 0.6 is 0 Å². The van der Waals surface area contributed by atoms with Crippen LogP contribution in [-0.2, 0) is 14.2 Å². The van der Waals surface area contributed by atoms with Crippen LogP contribution in [0.3, 0.4) is 0 Å². The van der Waals surface area contributed by atoms with E-state index in [4.69, 9.17) is 34.6 Å². The van der Waals surface area contributed by atoms with Crippen molar-refractivity contribution in [3.05, 3.63) is 0 Å². The lowest BCUT2D eigenvalue weighted by molar-refractivity contribution is 0.0251. The van der Waals surface area contributed by atoms with Crippen LogP contribution < -0.4 is 0 Å². The molecule has 11 nitrogen and oxygen atoms in total. The summed E-state index contributed by atoms with van der Waals surface area (Å²) in [5.74, 6) is 0. The van der Waals surface area contributed by atoms with Gasteiger partial charge in [-0.15, -0.1) is 0 Å². The summed E-state index contributed by atoms with van der Waals surface area (Å²) < 4.78 is 15.0. The van der Waals surface area contributed by atoms with Crippen molar-refractivity contribution in [1.82, 2.24) is 9.80 Å². The highest BCUT2D eigenvalue weighted by Crippen LogP contribution is 1.95. The Morgan fingerprint density at radius 2 is 0.920 bits per heavy atom. The van der Waals surface area contributed by atoms with Gasteiger partial charge in [0, 0.05) is 26.2 Å². The highest BCUT2D eigenvalue weighted by molar-refractivity contribution is 5.67. The summed E-state index contributed by atoms with van der Waals surface area (Å²) in [5.41, 5.74) is 0. The van der Waals surface area contributed by atoms with Crippen LogP contribution in [-0.4, -0.2) is 121 Å². The first-order valence-electron chi connectivity index (χ1n) is 7.95. The standard InChI is InChI=1S/C14H28N2O9/c17-5-1-15(2-6-18)13(21)24-11-9-23-10-12-25-14(22)16(3-7-19)4-8-20/h17-20H,1-12H2. The molecular formula is C14H28N2O9. The fourth-order valence-corrected chi connectivity index (χ4v) is 1.73. The normalized spacial score (nSPS) is 10.4. The van der Waals surface area contributed by atoms with Crippen molar-refractivity contribution < 1.29 is 44.2 Å². The third-order valence-corrected chi connectivity index (χ3v) is 2.90. The molecule has 4 N–H and O–H groups in total. The SMILES string of the molecule is O=C(OCCOCCOC(=O)N(CCO)CCO)N(CCO)CCO. The molecule has 0 fully saturated rings. The first kappa shape index (κ1) is 23.3. The molecule has 25 heavy (non-hydrogen) atoms. The highest BCUT2D eigenvalue weighted by atomic mass is 16.6. The van der Waals surface area contributed by atoms with E-state index < -0.39 is 12.2 Å². The van der Waals surface area contributed by atoms with E-state index in [0.29, 0.717) is 0 Å². The van der Waals surface area contributed by atoms with Crippen molar-refractivity contribution in [1.29, 1.82) is 0 Å². The molecular weight excluding hydrogens is 340 g/mol. The molecule has 0 aliphatic rings. The summed E-state index contributed by atoms with van der Waals surface area (Å²) in [7, 11) is 0. The van der Waals surface area contributed by atoms with Gasteiger partial charge < -0.3 is 44.4 Å². The fraction of sp³-hybridized carbons (Fsp3) is 0.857. The second kappa shape index (κ2) is 15.8. The molecule has 0 unspecified atom stereocenters. The summed E-state index contributed by atoms with van der Waals surface area (Å²) in [6.45, 7) is -0.560. The number of rotatable bonds is 14. The zero-order chi connectivity index (χ0) is 18.9. The topological polar surface area (TPSA) is 149 Å². The second-order valence-corrected chi connectivity index (χ2v) is 4.71. The molecule has 0 bridgehead atoms. The quantitative estimate of drug-likeness (QED) is 0.252. The van der Waals surface area contributed by atoms with Crippen molar-refractivity contribution in [2.24, 2.45) is 0 Å². The minimum Gasteiger partial charge on any atom is -0.447 e.